The molecule has 0 radical (unpaired) electrons. The Morgan fingerprint density at radius 2 is 2.25 bits per heavy atom. The SMILES string of the molecule is O=c1n(CCN2CCC(CCO)C2)nc2ccccn12. The molecule has 2 aromatic heterocycles. The maximum Gasteiger partial charge on any atom is 0.350 e. The van der Waals surface area contributed by atoms with Gasteiger partial charge >= 0.3 is 5.69 Å². The van der Waals surface area contributed by atoms with Gasteiger partial charge in [-0.2, -0.15) is 0 Å². The van der Waals surface area contributed by atoms with Crippen molar-refractivity contribution in [2.45, 2.75) is 19.4 Å². The highest BCUT2D eigenvalue weighted by molar-refractivity contribution is 5.35. The number of hydrogen-bond acceptors (Lipinski definition) is 4. The topological polar surface area (TPSA) is 62.8 Å². The third-order valence-corrected chi connectivity index (χ3v) is 4.02. The Balaban J connectivity index is 1.63. The highest BCUT2D eigenvalue weighted by Crippen LogP contribution is 2.18. The van der Waals surface area contributed by atoms with E-state index in [2.05, 4.69) is 10.00 Å². The van der Waals surface area contributed by atoms with E-state index < -0.39 is 0 Å². The summed E-state index contributed by atoms with van der Waals surface area (Å²) in [5.41, 5.74) is 0.615. The molecule has 20 heavy (non-hydrogen) atoms. The Hall–Kier alpha value is -1.66. The second-order valence-corrected chi connectivity index (χ2v) is 5.40. The summed E-state index contributed by atoms with van der Waals surface area (Å²) in [5.74, 6) is 0.595. The normalized spacial score (nSPS) is 19.9. The number of fused-ring (bicyclic) bond motifs is 1. The van der Waals surface area contributed by atoms with Crippen LogP contribution in [0.25, 0.3) is 5.65 Å². The molecule has 6 nitrogen and oxygen atoms in total. The van der Waals surface area contributed by atoms with Crippen molar-refractivity contribution < 1.29 is 5.11 Å². The highest BCUT2D eigenvalue weighted by Gasteiger charge is 2.21. The molecule has 1 unspecified atom stereocenters. The lowest BCUT2D eigenvalue weighted by atomic mass is 10.1. The summed E-state index contributed by atoms with van der Waals surface area (Å²) < 4.78 is 3.10. The van der Waals surface area contributed by atoms with Gasteiger partial charge in [-0.25, -0.2) is 9.48 Å². The second kappa shape index (κ2) is 5.76. The maximum absolute atomic E-state index is 12.1. The molecular weight excluding hydrogens is 256 g/mol. The first kappa shape index (κ1) is 13.3. The van der Waals surface area contributed by atoms with Crippen molar-refractivity contribution >= 4 is 5.65 Å². The Bertz CT molecular complexity index is 633. The molecule has 0 aromatic carbocycles. The van der Waals surface area contributed by atoms with Crippen LogP contribution in [0.5, 0.6) is 0 Å². The monoisotopic (exact) mass is 276 g/mol. The van der Waals surface area contributed by atoms with E-state index in [0.717, 1.165) is 32.5 Å². The quantitative estimate of drug-likeness (QED) is 0.847. The van der Waals surface area contributed by atoms with E-state index in [0.29, 0.717) is 18.1 Å². The van der Waals surface area contributed by atoms with Gasteiger partial charge < -0.3 is 10.0 Å². The summed E-state index contributed by atoms with van der Waals surface area (Å²) in [5, 5.41) is 13.3. The van der Waals surface area contributed by atoms with Gasteiger partial charge in [-0.15, -0.1) is 5.10 Å². The number of aliphatic hydroxyl groups excluding tert-OH is 1. The molecule has 3 rings (SSSR count). The highest BCUT2D eigenvalue weighted by atomic mass is 16.3. The van der Waals surface area contributed by atoms with E-state index in [1.165, 1.54) is 4.68 Å². The van der Waals surface area contributed by atoms with Gasteiger partial charge in [0, 0.05) is 25.9 Å². The van der Waals surface area contributed by atoms with Crippen LogP contribution >= 0.6 is 0 Å². The molecule has 108 valence electrons. The zero-order valence-corrected chi connectivity index (χ0v) is 11.5. The number of nitrogens with zero attached hydrogens (tertiary/aromatic N) is 4. The molecule has 1 fully saturated rings. The van der Waals surface area contributed by atoms with E-state index >= 15 is 0 Å². The van der Waals surface area contributed by atoms with Crippen LogP contribution in [-0.4, -0.2) is 50.4 Å². The van der Waals surface area contributed by atoms with Crippen molar-refractivity contribution in [1.29, 1.82) is 0 Å². The molecule has 1 saturated heterocycles. The molecular formula is C14H20N4O2. The minimum atomic E-state index is -0.0771. The van der Waals surface area contributed by atoms with Gasteiger partial charge in [0.25, 0.3) is 0 Å². The fraction of sp³-hybridized carbons (Fsp3) is 0.571. The first-order valence-corrected chi connectivity index (χ1v) is 7.15. The van der Waals surface area contributed by atoms with Crippen molar-refractivity contribution in [3.8, 4) is 0 Å². The van der Waals surface area contributed by atoms with E-state index in [9.17, 15) is 4.79 Å². The number of likely N-dealkylation sites (tertiary alicyclic amines) is 1. The number of aliphatic hydroxyl groups is 1. The van der Waals surface area contributed by atoms with E-state index in [1.54, 1.807) is 10.6 Å². The molecule has 1 aliphatic heterocycles. The van der Waals surface area contributed by atoms with Gasteiger partial charge in [-0.1, -0.05) is 6.07 Å². The number of rotatable bonds is 5. The molecule has 3 heterocycles. The summed E-state index contributed by atoms with van der Waals surface area (Å²) in [6.07, 6.45) is 3.76. The van der Waals surface area contributed by atoms with Crippen molar-refractivity contribution in [1.82, 2.24) is 19.1 Å². The van der Waals surface area contributed by atoms with E-state index in [1.807, 2.05) is 18.2 Å². The Morgan fingerprint density at radius 3 is 3.05 bits per heavy atom. The zero-order valence-electron chi connectivity index (χ0n) is 11.5. The third kappa shape index (κ3) is 2.62. The van der Waals surface area contributed by atoms with Crippen molar-refractivity contribution in [2.75, 3.05) is 26.2 Å². The molecule has 1 atom stereocenters. The van der Waals surface area contributed by atoms with Crippen molar-refractivity contribution in [3.63, 3.8) is 0 Å². The molecule has 0 saturated carbocycles. The molecule has 1 N–H and O–H groups in total. The van der Waals surface area contributed by atoms with Crippen LogP contribution < -0.4 is 5.69 Å². The summed E-state index contributed by atoms with van der Waals surface area (Å²) >= 11 is 0. The molecule has 1 aliphatic rings. The summed E-state index contributed by atoms with van der Waals surface area (Å²) in [7, 11) is 0. The lowest BCUT2D eigenvalue weighted by Gasteiger charge is -2.15. The van der Waals surface area contributed by atoms with Crippen LogP contribution in [-0.2, 0) is 6.54 Å². The fourth-order valence-electron chi connectivity index (χ4n) is 2.88. The van der Waals surface area contributed by atoms with Gasteiger partial charge in [-0.3, -0.25) is 4.40 Å². The van der Waals surface area contributed by atoms with Gasteiger partial charge in [0.05, 0.1) is 6.54 Å². The molecule has 0 aliphatic carbocycles. The lowest BCUT2D eigenvalue weighted by molar-refractivity contribution is 0.248. The van der Waals surface area contributed by atoms with Crippen LogP contribution in [0.3, 0.4) is 0 Å². The second-order valence-electron chi connectivity index (χ2n) is 5.40. The molecule has 0 spiro atoms. The molecule has 0 bridgehead atoms. The van der Waals surface area contributed by atoms with E-state index in [-0.39, 0.29) is 12.3 Å². The standard InChI is InChI=1S/C14H20N4O2/c19-10-5-12-4-7-16(11-12)8-9-18-14(20)17-6-2-1-3-13(17)15-18/h1-3,6,12,19H,4-5,7-11H2. The van der Waals surface area contributed by atoms with Gasteiger partial charge in [0.15, 0.2) is 5.65 Å². The minimum Gasteiger partial charge on any atom is -0.396 e. The number of pyridine rings is 1. The smallest absolute Gasteiger partial charge is 0.350 e. The summed E-state index contributed by atoms with van der Waals surface area (Å²) in [6.45, 7) is 3.79. The Labute approximate surface area is 117 Å². The average molecular weight is 276 g/mol. The van der Waals surface area contributed by atoms with Gasteiger partial charge in [0.1, 0.15) is 0 Å². The lowest BCUT2D eigenvalue weighted by Crippen LogP contribution is -2.30. The predicted octanol–water partition coefficient (Wildman–Crippen LogP) is 0.200. The van der Waals surface area contributed by atoms with Crippen LogP contribution in [0.15, 0.2) is 29.2 Å². The average Bonchev–Trinajstić information content (AvgIpc) is 3.03. The predicted molar refractivity (Wildman–Crippen MR) is 75.7 cm³/mol. The largest absolute Gasteiger partial charge is 0.396 e. The third-order valence-electron chi connectivity index (χ3n) is 4.02. The van der Waals surface area contributed by atoms with Gasteiger partial charge in [-0.05, 0) is 37.4 Å². The Morgan fingerprint density at radius 1 is 1.35 bits per heavy atom. The maximum atomic E-state index is 12.1. The van der Waals surface area contributed by atoms with Crippen LogP contribution in [0.4, 0.5) is 0 Å². The minimum absolute atomic E-state index is 0.0771. The van der Waals surface area contributed by atoms with Crippen LogP contribution in [0, 0.1) is 5.92 Å². The first-order valence-electron chi connectivity index (χ1n) is 7.15. The summed E-state index contributed by atoms with van der Waals surface area (Å²) in [6, 6.07) is 5.55. The fourth-order valence-corrected chi connectivity index (χ4v) is 2.88. The molecule has 2 aromatic rings. The number of aromatic nitrogens is 3. The van der Waals surface area contributed by atoms with Crippen molar-refractivity contribution in [2.24, 2.45) is 5.92 Å². The molecule has 0 amide bonds. The van der Waals surface area contributed by atoms with Crippen LogP contribution in [0.1, 0.15) is 12.8 Å². The van der Waals surface area contributed by atoms with E-state index in [4.69, 9.17) is 5.11 Å². The summed E-state index contributed by atoms with van der Waals surface area (Å²) in [4.78, 5) is 14.5. The first-order chi connectivity index (χ1) is 9.78. The molecule has 6 heteroatoms. The van der Waals surface area contributed by atoms with Crippen molar-refractivity contribution in [3.05, 3.63) is 34.9 Å². The zero-order chi connectivity index (χ0) is 13.9. The van der Waals surface area contributed by atoms with Gasteiger partial charge in [0.2, 0.25) is 0 Å². The Kier molecular flexibility index (Phi) is 3.84. The van der Waals surface area contributed by atoms with Crippen LogP contribution in [0.2, 0.25) is 0 Å². The number of hydrogen-bond donors (Lipinski definition) is 1.